The highest BCUT2D eigenvalue weighted by molar-refractivity contribution is 5.74. The number of urea groups is 1. The second kappa shape index (κ2) is 6.69. The van der Waals surface area contributed by atoms with Crippen molar-refractivity contribution in [3.8, 4) is 0 Å². The minimum absolute atomic E-state index is 0.0834. The summed E-state index contributed by atoms with van der Waals surface area (Å²) in [5.41, 5.74) is 1.15. The van der Waals surface area contributed by atoms with Crippen LogP contribution in [0.4, 0.5) is 4.79 Å². The summed E-state index contributed by atoms with van der Waals surface area (Å²) in [7, 11) is 0. The Morgan fingerprint density at radius 3 is 2.64 bits per heavy atom. The maximum Gasteiger partial charge on any atom is 0.317 e. The van der Waals surface area contributed by atoms with Crippen molar-refractivity contribution in [2.24, 2.45) is 0 Å². The summed E-state index contributed by atoms with van der Waals surface area (Å²) in [6.07, 6.45) is 3.63. The van der Waals surface area contributed by atoms with Crippen molar-refractivity contribution in [3.05, 3.63) is 35.9 Å². The smallest absolute Gasteiger partial charge is 0.317 e. The predicted octanol–water partition coefficient (Wildman–Crippen LogP) is 2.84. The highest BCUT2D eigenvalue weighted by Crippen LogP contribution is 2.31. The number of nitrogens with zero attached hydrogens (tertiary/aromatic N) is 2. The highest BCUT2D eigenvalue weighted by atomic mass is 16.2. The molecule has 0 spiro atoms. The van der Waals surface area contributed by atoms with Gasteiger partial charge in [0.15, 0.2) is 0 Å². The molecule has 22 heavy (non-hydrogen) atoms. The number of carbonyl (C=O) groups is 1. The molecule has 0 aliphatic carbocycles. The van der Waals surface area contributed by atoms with Gasteiger partial charge in [-0.25, -0.2) is 4.79 Å². The Labute approximate surface area is 133 Å². The highest BCUT2D eigenvalue weighted by Gasteiger charge is 2.39. The summed E-state index contributed by atoms with van der Waals surface area (Å²) >= 11 is 0. The lowest BCUT2D eigenvalue weighted by Crippen LogP contribution is -2.46. The second-order valence-corrected chi connectivity index (χ2v) is 6.80. The van der Waals surface area contributed by atoms with Crippen LogP contribution in [0.5, 0.6) is 0 Å². The molecule has 4 nitrogen and oxygen atoms in total. The van der Waals surface area contributed by atoms with Gasteiger partial charge in [0, 0.05) is 37.8 Å². The van der Waals surface area contributed by atoms with E-state index in [0.29, 0.717) is 24.7 Å². The molecule has 0 radical (unpaired) electrons. The molecule has 2 saturated heterocycles. The van der Waals surface area contributed by atoms with Crippen molar-refractivity contribution < 1.29 is 4.79 Å². The normalized spacial score (nSPS) is 25.3. The summed E-state index contributed by atoms with van der Waals surface area (Å²) < 4.78 is 0. The Bertz CT molecular complexity index is 502. The van der Waals surface area contributed by atoms with Crippen molar-refractivity contribution in [3.63, 3.8) is 0 Å². The van der Waals surface area contributed by atoms with Crippen LogP contribution in [0.1, 0.15) is 38.7 Å². The van der Waals surface area contributed by atoms with Crippen molar-refractivity contribution >= 4 is 6.03 Å². The summed E-state index contributed by atoms with van der Waals surface area (Å²) in [5.74, 6) is 0. The van der Waals surface area contributed by atoms with E-state index in [9.17, 15) is 4.79 Å². The number of nitrogens with one attached hydrogen (secondary N) is 1. The average molecular weight is 301 g/mol. The number of rotatable bonds is 3. The topological polar surface area (TPSA) is 35.6 Å². The second-order valence-electron chi connectivity index (χ2n) is 6.80. The molecule has 2 aliphatic heterocycles. The molecule has 4 heteroatoms. The zero-order valence-corrected chi connectivity index (χ0v) is 13.7. The summed E-state index contributed by atoms with van der Waals surface area (Å²) in [4.78, 5) is 17.1. The lowest BCUT2D eigenvalue weighted by molar-refractivity contribution is 0.147. The van der Waals surface area contributed by atoms with Crippen LogP contribution in [0.3, 0.4) is 0 Å². The van der Waals surface area contributed by atoms with Gasteiger partial charge >= 0.3 is 6.03 Å². The van der Waals surface area contributed by atoms with E-state index in [-0.39, 0.29) is 6.03 Å². The quantitative estimate of drug-likeness (QED) is 0.932. The fraction of sp³-hybridized carbons (Fsp3) is 0.611. The number of likely N-dealkylation sites (tertiary alicyclic amines) is 1. The van der Waals surface area contributed by atoms with Crippen molar-refractivity contribution in [2.45, 2.75) is 57.8 Å². The Kier molecular flexibility index (Phi) is 4.67. The van der Waals surface area contributed by atoms with E-state index in [2.05, 4.69) is 24.1 Å². The fourth-order valence-electron chi connectivity index (χ4n) is 4.02. The van der Waals surface area contributed by atoms with Crippen molar-refractivity contribution in [2.75, 3.05) is 13.1 Å². The van der Waals surface area contributed by atoms with Crippen molar-refractivity contribution in [1.29, 1.82) is 0 Å². The van der Waals surface area contributed by atoms with E-state index in [1.807, 2.05) is 35.2 Å². The zero-order chi connectivity index (χ0) is 15.5. The van der Waals surface area contributed by atoms with Crippen LogP contribution >= 0.6 is 0 Å². The molecule has 1 aromatic rings. The molecule has 2 atom stereocenters. The Hall–Kier alpha value is -1.55. The maximum atomic E-state index is 12.5. The molecule has 2 amide bonds. The first-order valence-corrected chi connectivity index (χ1v) is 8.49. The molecule has 0 aromatic heterocycles. The van der Waals surface area contributed by atoms with Gasteiger partial charge in [0.1, 0.15) is 0 Å². The molecular formula is C18H27N3O. The van der Waals surface area contributed by atoms with E-state index in [4.69, 9.17) is 0 Å². The molecule has 0 unspecified atom stereocenters. The van der Waals surface area contributed by atoms with E-state index < -0.39 is 0 Å². The number of benzene rings is 1. The first kappa shape index (κ1) is 15.3. The van der Waals surface area contributed by atoms with E-state index in [1.165, 1.54) is 12.8 Å². The van der Waals surface area contributed by atoms with Crippen LogP contribution in [0.15, 0.2) is 30.3 Å². The van der Waals surface area contributed by atoms with Crippen LogP contribution in [-0.2, 0) is 6.54 Å². The van der Waals surface area contributed by atoms with Gasteiger partial charge in [0.25, 0.3) is 0 Å². The minimum atomic E-state index is 0.0834. The van der Waals surface area contributed by atoms with Crippen LogP contribution < -0.4 is 5.32 Å². The third-order valence-electron chi connectivity index (χ3n) is 5.01. The number of hydrogen-bond acceptors (Lipinski definition) is 2. The largest absolute Gasteiger partial charge is 0.334 e. The molecule has 2 bridgehead atoms. The third kappa shape index (κ3) is 3.27. The standard InChI is InChI=1S/C18H27N3O/c1-14(2)21-16-8-9-17(21)13-20(11-10-16)18(22)19-12-15-6-4-3-5-7-15/h3-7,14,16-17H,8-13H2,1-2H3,(H,19,22)/t16-,17-/m0/s1. The van der Waals surface area contributed by atoms with Gasteiger partial charge in [-0.1, -0.05) is 30.3 Å². The summed E-state index contributed by atoms with van der Waals surface area (Å²) in [6.45, 7) is 6.91. The molecule has 1 N–H and O–H groups in total. The Morgan fingerprint density at radius 1 is 1.18 bits per heavy atom. The van der Waals surface area contributed by atoms with Crippen LogP contribution in [-0.4, -0.2) is 47.0 Å². The van der Waals surface area contributed by atoms with Gasteiger partial charge < -0.3 is 10.2 Å². The number of fused-ring (bicyclic) bond motifs is 2. The number of amides is 2. The lowest BCUT2D eigenvalue weighted by atomic mass is 10.1. The molecule has 2 heterocycles. The van der Waals surface area contributed by atoms with Gasteiger partial charge in [0.2, 0.25) is 0 Å². The SMILES string of the molecule is CC(C)N1[C@H]2CC[C@H]1CN(C(=O)NCc1ccccc1)CC2. The average Bonchev–Trinajstić information content (AvgIpc) is 2.80. The van der Waals surface area contributed by atoms with Gasteiger partial charge in [-0.2, -0.15) is 0 Å². The fourth-order valence-corrected chi connectivity index (χ4v) is 4.02. The molecule has 2 fully saturated rings. The molecule has 2 aliphatic rings. The first-order valence-electron chi connectivity index (χ1n) is 8.49. The Morgan fingerprint density at radius 2 is 1.91 bits per heavy atom. The number of carbonyl (C=O) groups excluding carboxylic acids is 1. The van der Waals surface area contributed by atoms with Gasteiger partial charge in [-0.15, -0.1) is 0 Å². The van der Waals surface area contributed by atoms with Crippen LogP contribution in [0.25, 0.3) is 0 Å². The number of hydrogen-bond donors (Lipinski definition) is 1. The minimum Gasteiger partial charge on any atom is -0.334 e. The summed E-state index contributed by atoms with van der Waals surface area (Å²) in [6, 6.07) is 12.0. The molecule has 1 aromatic carbocycles. The van der Waals surface area contributed by atoms with E-state index in [1.54, 1.807) is 0 Å². The predicted molar refractivity (Wildman–Crippen MR) is 88.7 cm³/mol. The zero-order valence-electron chi connectivity index (χ0n) is 13.7. The molecular weight excluding hydrogens is 274 g/mol. The monoisotopic (exact) mass is 301 g/mol. The van der Waals surface area contributed by atoms with Crippen molar-refractivity contribution in [1.82, 2.24) is 15.1 Å². The summed E-state index contributed by atoms with van der Waals surface area (Å²) in [5, 5.41) is 3.07. The first-order chi connectivity index (χ1) is 10.6. The van der Waals surface area contributed by atoms with Crippen LogP contribution in [0.2, 0.25) is 0 Å². The Balaban J connectivity index is 1.58. The third-order valence-corrected chi connectivity index (χ3v) is 5.01. The lowest BCUT2D eigenvalue weighted by Gasteiger charge is -2.32. The van der Waals surface area contributed by atoms with E-state index >= 15 is 0 Å². The van der Waals surface area contributed by atoms with Crippen LogP contribution in [0, 0.1) is 0 Å². The van der Waals surface area contributed by atoms with Gasteiger partial charge in [-0.3, -0.25) is 4.90 Å². The molecule has 3 rings (SSSR count). The van der Waals surface area contributed by atoms with E-state index in [0.717, 1.165) is 25.1 Å². The molecule has 120 valence electrons. The van der Waals surface area contributed by atoms with Gasteiger partial charge in [0.05, 0.1) is 0 Å². The molecule has 0 saturated carbocycles. The van der Waals surface area contributed by atoms with Gasteiger partial charge in [-0.05, 0) is 38.7 Å². The maximum absolute atomic E-state index is 12.5.